The Morgan fingerprint density at radius 3 is 1.32 bits per heavy atom. The van der Waals surface area contributed by atoms with E-state index in [0.29, 0.717) is 6.42 Å². The van der Waals surface area contributed by atoms with Gasteiger partial charge >= 0.3 is 0 Å². The predicted molar refractivity (Wildman–Crippen MR) is 231 cm³/mol. The maximum atomic E-state index is 12.4. The number of aliphatic hydroxyl groups is 3. The largest absolute Gasteiger partial charge is 0.394 e. The molecule has 0 aromatic carbocycles. The summed E-state index contributed by atoms with van der Waals surface area (Å²) < 4.78 is 0. The smallest absolute Gasteiger partial charge is 0.222 e. The molecule has 5 heteroatoms. The lowest BCUT2D eigenvalue weighted by molar-refractivity contribution is -0.124. The van der Waals surface area contributed by atoms with E-state index < -0.39 is 18.2 Å². The monoisotopic (exact) mass is 744 g/mol. The third kappa shape index (κ3) is 39.8. The van der Waals surface area contributed by atoms with Crippen molar-refractivity contribution in [3.8, 4) is 0 Å². The van der Waals surface area contributed by atoms with Gasteiger partial charge in [0.05, 0.1) is 31.3 Å². The standard InChI is InChI=1S/C48H89NO4/c1-3-5-7-9-11-13-14-15-16-17-18-19-20-21-22-23-24-25-26-27-28-29-30-31-32-34-35-37-39-41-45(51)43-48(53)49-46(44-50)47(52)42-40-38-36-33-12-10-8-6-4-2/h4,6,12,21-22,33,40,42,45-47,50-52H,3,5,7-11,13-20,23-32,34-39,41,43-44H2,1-2H3,(H,49,53)/b6-4+,22-21-,33-12+,42-40+. The van der Waals surface area contributed by atoms with Gasteiger partial charge in [-0.05, 0) is 64.7 Å². The third-order valence-corrected chi connectivity index (χ3v) is 10.4. The van der Waals surface area contributed by atoms with Crippen LogP contribution in [0, 0.1) is 0 Å². The van der Waals surface area contributed by atoms with Crippen molar-refractivity contribution in [3.63, 3.8) is 0 Å². The first kappa shape index (κ1) is 51.3. The topological polar surface area (TPSA) is 89.8 Å². The fraction of sp³-hybridized carbons (Fsp3) is 0.812. The molecule has 1 amide bonds. The molecule has 0 aliphatic heterocycles. The average Bonchev–Trinajstić information content (AvgIpc) is 3.15. The molecular formula is C48H89NO4. The Morgan fingerprint density at radius 1 is 0.509 bits per heavy atom. The minimum Gasteiger partial charge on any atom is -0.394 e. The zero-order chi connectivity index (χ0) is 38.7. The third-order valence-electron chi connectivity index (χ3n) is 10.4. The molecule has 0 radical (unpaired) electrons. The van der Waals surface area contributed by atoms with Crippen LogP contribution in [0.2, 0.25) is 0 Å². The summed E-state index contributed by atoms with van der Waals surface area (Å²) in [6.07, 6.45) is 55.9. The molecule has 3 unspecified atom stereocenters. The fourth-order valence-corrected chi connectivity index (χ4v) is 6.90. The van der Waals surface area contributed by atoms with E-state index in [1.807, 2.05) is 13.0 Å². The van der Waals surface area contributed by atoms with Crippen molar-refractivity contribution < 1.29 is 20.1 Å². The van der Waals surface area contributed by atoms with Crippen LogP contribution in [0.3, 0.4) is 0 Å². The minimum absolute atomic E-state index is 0.00152. The van der Waals surface area contributed by atoms with Gasteiger partial charge in [-0.15, -0.1) is 0 Å². The van der Waals surface area contributed by atoms with Gasteiger partial charge in [-0.3, -0.25) is 4.79 Å². The van der Waals surface area contributed by atoms with E-state index in [-0.39, 0.29) is 18.9 Å². The first-order valence-electron chi connectivity index (χ1n) is 22.9. The fourth-order valence-electron chi connectivity index (χ4n) is 6.90. The number of amides is 1. The van der Waals surface area contributed by atoms with Gasteiger partial charge in [-0.2, -0.15) is 0 Å². The van der Waals surface area contributed by atoms with E-state index in [9.17, 15) is 20.1 Å². The van der Waals surface area contributed by atoms with Crippen LogP contribution in [0.25, 0.3) is 0 Å². The molecule has 0 aliphatic rings. The van der Waals surface area contributed by atoms with E-state index in [0.717, 1.165) is 38.5 Å². The zero-order valence-electron chi connectivity index (χ0n) is 35.1. The summed E-state index contributed by atoms with van der Waals surface area (Å²) in [5, 5.41) is 33.0. The summed E-state index contributed by atoms with van der Waals surface area (Å²) >= 11 is 0. The lowest BCUT2D eigenvalue weighted by Crippen LogP contribution is -2.45. The van der Waals surface area contributed by atoms with Gasteiger partial charge in [0, 0.05) is 0 Å². The number of carbonyl (C=O) groups is 1. The normalized spacial score (nSPS) is 14.0. The van der Waals surface area contributed by atoms with E-state index in [4.69, 9.17) is 0 Å². The molecule has 0 aliphatic carbocycles. The number of aliphatic hydroxyl groups excluding tert-OH is 3. The maximum Gasteiger partial charge on any atom is 0.222 e. The Bertz CT molecular complexity index is 866. The lowest BCUT2D eigenvalue weighted by atomic mass is 10.0. The number of nitrogens with one attached hydrogen (secondary N) is 1. The molecule has 0 spiro atoms. The Balaban J connectivity index is 3.52. The molecule has 0 aromatic rings. The summed E-state index contributed by atoms with van der Waals surface area (Å²) in [5.41, 5.74) is 0. The van der Waals surface area contributed by atoms with Crippen LogP contribution in [-0.4, -0.2) is 46.1 Å². The van der Waals surface area contributed by atoms with Gasteiger partial charge in [0.25, 0.3) is 0 Å². The van der Waals surface area contributed by atoms with Crippen molar-refractivity contribution in [3.05, 3.63) is 48.6 Å². The van der Waals surface area contributed by atoms with Crippen LogP contribution in [0.4, 0.5) is 0 Å². The van der Waals surface area contributed by atoms with Crippen LogP contribution in [0.15, 0.2) is 48.6 Å². The van der Waals surface area contributed by atoms with Crippen LogP contribution >= 0.6 is 0 Å². The molecule has 0 fully saturated rings. The average molecular weight is 744 g/mol. The highest BCUT2D eigenvalue weighted by Gasteiger charge is 2.20. The first-order chi connectivity index (χ1) is 26.0. The van der Waals surface area contributed by atoms with Crippen LogP contribution in [0.5, 0.6) is 0 Å². The lowest BCUT2D eigenvalue weighted by Gasteiger charge is -2.21. The predicted octanol–water partition coefficient (Wildman–Crippen LogP) is 13.3. The van der Waals surface area contributed by atoms with Crippen molar-refractivity contribution in [1.82, 2.24) is 5.32 Å². The highest BCUT2D eigenvalue weighted by Crippen LogP contribution is 2.16. The number of hydrogen-bond donors (Lipinski definition) is 4. The molecule has 310 valence electrons. The van der Waals surface area contributed by atoms with E-state index in [1.165, 1.54) is 161 Å². The molecular weight excluding hydrogens is 655 g/mol. The highest BCUT2D eigenvalue weighted by molar-refractivity contribution is 5.76. The number of unbranched alkanes of at least 4 members (excludes halogenated alkanes) is 27. The van der Waals surface area contributed by atoms with Gasteiger partial charge in [0.1, 0.15) is 0 Å². The van der Waals surface area contributed by atoms with Crippen molar-refractivity contribution in [2.24, 2.45) is 0 Å². The molecule has 0 aromatic heterocycles. The second-order valence-corrected chi connectivity index (χ2v) is 15.7. The van der Waals surface area contributed by atoms with Crippen LogP contribution < -0.4 is 5.32 Å². The van der Waals surface area contributed by atoms with Gasteiger partial charge in [0.2, 0.25) is 5.91 Å². The Hall–Kier alpha value is -1.69. The Morgan fingerprint density at radius 2 is 0.887 bits per heavy atom. The van der Waals surface area contributed by atoms with Crippen molar-refractivity contribution in [2.75, 3.05) is 6.61 Å². The summed E-state index contributed by atoms with van der Waals surface area (Å²) in [4.78, 5) is 12.4. The number of carbonyl (C=O) groups excluding carboxylic acids is 1. The Kier molecular flexibility index (Phi) is 41.7. The van der Waals surface area contributed by atoms with E-state index in [2.05, 4.69) is 48.7 Å². The maximum absolute atomic E-state index is 12.4. The van der Waals surface area contributed by atoms with Crippen LogP contribution in [-0.2, 0) is 4.79 Å². The zero-order valence-corrected chi connectivity index (χ0v) is 35.1. The molecule has 3 atom stereocenters. The van der Waals surface area contributed by atoms with Crippen molar-refractivity contribution in [1.29, 1.82) is 0 Å². The van der Waals surface area contributed by atoms with Gasteiger partial charge in [-0.1, -0.05) is 203 Å². The molecule has 0 saturated carbocycles. The van der Waals surface area contributed by atoms with Gasteiger partial charge in [0.15, 0.2) is 0 Å². The summed E-state index contributed by atoms with van der Waals surface area (Å²) in [7, 11) is 0. The molecule has 0 rings (SSSR count). The molecule has 5 nitrogen and oxygen atoms in total. The minimum atomic E-state index is -0.957. The van der Waals surface area contributed by atoms with E-state index >= 15 is 0 Å². The second-order valence-electron chi connectivity index (χ2n) is 15.7. The number of allylic oxidation sites excluding steroid dienone is 7. The quantitative estimate of drug-likeness (QED) is 0.0371. The molecule has 0 bridgehead atoms. The summed E-state index contributed by atoms with van der Waals surface area (Å²) in [5.74, 6) is -0.333. The second kappa shape index (κ2) is 43.0. The molecule has 0 heterocycles. The van der Waals surface area contributed by atoms with E-state index in [1.54, 1.807) is 6.08 Å². The first-order valence-corrected chi connectivity index (χ1v) is 22.9. The molecule has 53 heavy (non-hydrogen) atoms. The molecule has 0 saturated heterocycles. The summed E-state index contributed by atoms with van der Waals surface area (Å²) in [6, 6.07) is -0.765. The van der Waals surface area contributed by atoms with Gasteiger partial charge < -0.3 is 20.6 Å². The Labute approximate surface area is 329 Å². The number of rotatable bonds is 41. The summed E-state index contributed by atoms with van der Waals surface area (Å²) in [6.45, 7) is 3.96. The van der Waals surface area contributed by atoms with Crippen molar-refractivity contribution >= 4 is 5.91 Å². The van der Waals surface area contributed by atoms with Crippen molar-refractivity contribution in [2.45, 2.75) is 244 Å². The SMILES string of the molecule is C/C=C/CC/C=C/CC/C=C/C(O)C(CO)NC(=O)CC(O)CCCCCCCCCCCCCCC/C=C\CCCCCCCCCCCCCC. The van der Waals surface area contributed by atoms with Gasteiger partial charge in [-0.25, -0.2) is 0 Å². The molecule has 4 N–H and O–H groups in total. The highest BCUT2D eigenvalue weighted by atomic mass is 16.3. The number of hydrogen-bond acceptors (Lipinski definition) is 4. The van der Waals surface area contributed by atoms with Crippen LogP contribution in [0.1, 0.15) is 226 Å².